The zero-order chi connectivity index (χ0) is 25.4. The molecule has 0 saturated heterocycles. The number of aliphatic carboxylic acids is 1. The summed E-state index contributed by atoms with van der Waals surface area (Å²) in [5.41, 5.74) is 3.23. The Kier molecular flexibility index (Phi) is 9.55. The van der Waals surface area contributed by atoms with Gasteiger partial charge in [0.1, 0.15) is 12.3 Å². The van der Waals surface area contributed by atoms with E-state index in [1.165, 1.54) is 10.5 Å². The van der Waals surface area contributed by atoms with Crippen molar-refractivity contribution < 1.29 is 24.5 Å². The van der Waals surface area contributed by atoms with E-state index in [0.29, 0.717) is 44.6 Å². The fourth-order valence-electron chi connectivity index (χ4n) is 4.63. The van der Waals surface area contributed by atoms with Crippen molar-refractivity contribution in [1.82, 2.24) is 4.90 Å². The zero-order valence-corrected chi connectivity index (χ0v) is 20.9. The van der Waals surface area contributed by atoms with Crippen molar-refractivity contribution in [3.8, 4) is 5.75 Å². The number of benzene rings is 2. The lowest BCUT2D eigenvalue weighted by atomic mass is 9.98. The molecule has 1 amide bonds. The fraction of sp³-hybridized carbons (Fsp3) is 0.500. The Morgan fingerprint density at radius 2 is 1.69 bits per heavy atom. The summed E-state index contributed by atoms with van der Waals surface area (Å²) in [4.78, 5) is 26.2. The first kappa shape index (κ1) is 26.5. The highest BCUT2D eigenvalue weighted by molar-refractivity contribution is 5.83. The number of carboxylic acid groups (broad SMARTS) is 1. The quantitative estimate of drug-likeness (QED) is 0.437. The average molecular weight is 483 g/mol. The maximum absolute atomic E-state index is 13.3. The fourth-order valence-corrected chi connectivity index (χ4v) is 4.63. The molecule has 0 radical (unpaired) electrons. The van der Waals surface area contributed by atoms with Gasteiger partial charge in [-0.15, -0.1) is 0 Å². The molecule has 0 unspecified atom stereocenters. The van der Waals surface area contributed by atoms with Crippen LogP contribution in [0.5, 0.6) is 5.75 Å². The molecule has 0 heterocycles. The van der Waals surface area contributed by atoms with Gasteiger partial charge < -0.3 is 25.2 Å². The van der Waals surface area contributed by atoms with E-state index in [4.69, 9.17) is 4.74 Å². The van der Waals surface area contributed by atoms with Crippen LogP contribution in [0.1, 0.15) is 56.6 Å². The molecule has 190 valence electrons. The van der Waals surface area contributed by atoms with Crippen molar-refractivity contribution in [3.05, 3.63) is 59.7 Å². The lowest BCUT2D eigenvalue weighted by Crippen LogP contribution is -2.41. The second-order valence-corrected chi connectivity index (χ2v) is 9.70. The SMILES string of the molecule is COc1ccc(CCN(CC(=O)O)C(=O)[C@@H]2CC[C@H](Nc3ccc(C(C)C)cc3)[C@@H](O)CC2)cc1. The van der Waals surface area contributed by atoms with E-state index < -0.39 is 12.1 Å². The molecule has 2 aromatic carbocycles. The minimum Gasteiger partial charge on any atom is -0.497 e. The van der Waals surface area contributed by atoms with Crippen molar-refractivity contribution in [3.63, 3.8) is 0 Å². The van der Waals surface area contributed by atoms with Gasteiger partial charge in [0.05, 0.1) is 19.3 Å². The number of carbonyl (C=O) groups is 2. The molecule has 7 heteroatoms. The van der Waals surface area contributed by atoms with Gasteiger partial charge in [0, 0.05) is 18.2 Å². The Morgan fingerprint density at radius 3 is 2.29 bits per heavy atom. The first-order valence-electron chi connectivity index (χ1n) is 12.4. The Balaban J connectivity index is 1.60. The molecule has 35 heavy (non-hydrogen) atoms. The van der Waals surface area contributed by atoms with E-state index in [9.17, 15) is 19.8 Å². The number of hydrogen-bond acceptors (Lipinski definition) is 5. The van der Waals surface area contributed by atoms with Crippen molar-refractivity contribution in [2.24, 2.45) is 5.92 Å². The van der Waals surface area contributed by atoms with Crippen LogP contribution in [-0.2, 0) is 16.0 Å². The summed E-state index contributed by atoms with van der Waals surface area (Å²) in [6.45, 7) is 4.32. The maximum Gasteiger partial charge on any atom is 0.323 e. The van der Waals surface area contributed by atoms with Crippen LogP contribution in [0.25, 0.3) is 0 Å². The van der Waals surface area contributed by atoms with Crippen molar-refractivity contribution in [1.29, 1.82) is 0 Å². The summed E-state index contributed by atoms with van der Waals surface area (Å²) in [7, 11) is 1.61. The largest absolute Gasteiger partial charge is 0.497 e. The number of rotatable bonds is 10. The normalized spacial score (nSPS) is 20.2. The summed E-state index contributed by atoms with van der Waals surface area (Å²) >= 11 is 0. The van der Waals surface area contributed by atoms with E-state index in [1.54, 1.807) is 7.11 Å². The molecule has 1 saturated carbocycles. The van der Waals surface area contributed by atoms with Gasteiger partial charge in [-0.25, -0.2) is 0 Å². The van der Waals surface area contributed by atoms with E-state index in [0.717, 1.165) is 17.0 Å². The highest BCUT2D eigenvalue weighted by Gasteiger charge is 2.32. The van der Waals surface area contributed by atoms with Gasteiger partial charge in [-0.1, -0.05) is 38.1 Å². The molecular weight excluding hydrogens is 444 g/mol. The summed E-state index contributed by atoms with van der Waals surface area (Å²) in [5, 5.41) is 23.6. The van der Waals surface area contributed by atoms with Crippen LogP contribution in [-0.4, -0.2) is 59.3 Å². The molecule has 3 N–H and O–H groups in total. The van der Waals surface area contributed by atoms with Gasteiger partial charge in [0.25, 0.3) is 0 Å². The predicted molar refractivity (Wildman–Crippen MR) is 137 cm³/mol. The molecule has 1 fully saturated rings. The van der Waals surface area contributed by atoms with Gasteiger partial charge in [-0.05, 0) is 73.4 Å². The number of methoxy groups -OCH3 is 1. The third-order valence-electron chi connectivity index (χ3n) is 6.85. The molecule has 2 aromatic rings. The molecule has 3 rings (SSSR count). The molecule has 3 atom stereocenters. The van der Waals surface area contributed by atoms with Crippen LogP contribution in [0.15, 0.2) is 48.5 Å². The number of nitrogens with zero attached hydrogens (tertiary/aromatic N) is 1. The lowest BCUT2D eigenvalue weighted by molar-refractivity contribution is -0.146. The smallest absolute Gasteiger partial charge is 0.323 e. The van der Waals surface area contributed by atoms with Gasteiger partial charge in [-0.2, -0.15) is 0 Å². The van der Waals surface area contributed by atoms with Crippen LogP contribution >= 0.6 is 0 Å². The maximum atomic E-state index is 13.3. The molecule has 1 aliphatic rings. The van der Waals surface area contributed by atoms with E-state index >= 15 is 0 Å². The minimum absolute atomic E-state index is 0.143. The number of amides is 1. The molecule has 0 bridgehead atoms. The highest BCUT2D eigenvalue weighted by atomic mass is 16.5. The predicted octanol–water partition coefficient (Wildman–Crippen LogP) is 4.31. The summed E-state index contributed by atoms with van der Waals surface area (Å²) in [6, 6.07) is 15.7. The number of carboxylic acids is 1. The van der Waals surface area contributed by atoms with Gasteiger partial charge >= 0.3 is 5.97 Å². The lowest BCUT2D eigenvalue weighted by Gasteiger charge is -2.26. The summed E-state index contributed by atoms with van der Waals surface area (Å²) in [6.07, 6.45) is 2.29. The molecule has 0 spiro atoms. The second-order valence-electron chi connectivity index (χ2n) is 9.70. The van der Waals surface area contributed by atoms with Gasteiger partial charge in [0.2, 0.25) is 5.91 Å². The number of aliphatic hydroxyl groups is 1. The highest BCUT2D eigenvalue weighted by Crippen LogP contribution is 2.28. The van der Waals surface area contributed by atoms with E-state index in [2.05, 4.69) is 31.3 Å². The van der Waals surface area contributed by atoms with Crippen molar-refractivity contribution in [2.45, 2.75) is 64.0 Å². The standard InChI is InChI=1S/C28H38N2O5/c1-19(2)21-6-10-23(11-7-21)29-25-14-8-22(9-15-26(25)31)28(34)30(18-27(32)33)17-16-20-4-12-24(35-3)13-5-20/h4-7,10-13,19,22,25-26,29,31H,8-9,14-18H2,1-3H3,(H,32,33)/t22-,25+,26+/m1/s1. The minimum atomic E-state index is -1.02. The van der Waals surface area contributed by atoms with Gasteiger partial charge in [0.15, 0.2) is 0 Å². The van der Waals surface area contributed by atoms with Crippen molar-refractivity contribution >= 4 is 17.6 Å². The van der Waals surface area contributed by atoms with Crippen LogP contribution in [0.2, 0.25) is 0 Å². The first-order valence-corrected chi connectivity index (χ1v) is 12.4. The molecule has 7 nitrogen and oxygen atoms in total. The Morgan fingerprint density at radius 1 is 1.03 bits per heavy atom. The number of carbonyl (C=O) groups excluding carboxylic acids is 1. The zero-order valence-electron chi connectivity index (χ0n) is 20.9. The molecular formula is C28H38N2O5. The van der Waals surface area contributed by atoms with Crippen molar-refractivity contribution in [2.75, 3.05) is 25.5 Å². The first-order chi connectivity index (χ1) is 16.8. The number of aliphatic hydroxyl groups excluding tert-OH is 1. The number of nitrogens with one attached hydrogen (secondary N) is 1. The van der Waals surface area contributed by atoms with E-state index in [-0.39, 0.29) is 24.4 Å². The third-order valence-corrected chi connectivity index (χ3v) is 6.85. The number of anilines is 1. The summed E-state index contributed by atoms with van der Waals surface area (Å²) < 4.78 is 5.18. The third kappa shape index (κ3) is 7.72. The van der Waals surface area contributed by atoms with Crippen LogP contribution < -0.4 is 10.1 Å². The number of ether oxygens (including phenoxy) is 1. The Labute approximate surface area is 208 Å². The van der Waals surface area contributed by atoms with E-state index in [1.807, 2.05) is 36.4 Å². The number of hydrogen-bond donors (Lipinski definition) is 3. The molecule has 0 aromatic heterocycles. The Hall–Kier alpha value is -3.06. The second kappa shape index (κ2) is 12.6. The molecule has 0 aliphatic heterocycles. The summed E-state index contributed by atoms with van der Waals surface area (Å²) in [5.74, 6) is -0.253. The van der Waals surface area contributed by atoms with Gasteiger partial charge in [-0.3, -0.25) is 9.59 Å². The van der Waals surface area contributed by atoms with Crippen LogP contribution in [0.4, 0.5) is 5.69 Å². The molecule has 1 aliphatic carbocycles. The average Bonchev–Trinajstić information content (AvgIpc) is 3.03. The van der Waals surface area contributed by atoms with Crippen LogP contribution in [0, 0.1) is 5.92 Å². The Bertz CT molecular complexity index is 958. The van der Waals surface area contributed by atoms with Crippen LogP contribution in [0.3, 0.4) is 0 Å². The topological polar surface area (TPSA) is 99.1 Å². The monoisotopic (exact) mass is 482 g/mol.